The lowest BCUT2D eigenvalue weighted by Gasteiger charge is -2.45. The molecule has 0 spiro atoms. The van der Waals surface area contributed by atoms with Gasteiger partial charge in [-0.1, -0.05) is 82.9 Å². The molecule has 1 aliphatic rings. The van der Waals surface area contributed by atoms with Crippen LogP contribution < -0.4 is 11.1 Å². The number of aliphatic hydroxyl groups is 2. The number of likely N-dealkylation sites (N-methyl/N-ethyl adjacent to an activating group) is 1. The highest BCUT2D eigenvalue weighted by atomic mass is 31.2. The Morgan fingerprint density at radius 1 is 1.07 bits per heavy atom. The summed E-state index contributed by atoms with van der Waals surface area (Å²) in [5.41, 5.74) is 5.33. The number of unbranched alkanes of at least 4 members (excludes halogenated alkanes) is 12. The van der Waals surface area contributed by atoms with Gasteiger partial charge >= 0.3 is 7.82 Å². The Bertz CT molecular complexity index is 1790. The Labute approximate surface area is 341 Å². The number of nitrogens with two attached hydrogens (primary N) is 1. The zero-order valence-corrected chi connectivity index (χ0v) is 34.7. The summed E-state index contributed by atoms with van der Waals surface area (Å²) in [5, 5.41) is 38.5. The molecule has 2 aromatic heterocycles. The number of aliphatic hydroxyl groups excluding tert-OH is 2. The average molecular weight is 833 g/mol. The van der Waals surface area contributed by atoms with Crippen molar-refractivity contribution in [3.8, 4) is 6.07 Å². The van der Waals surface area contributed by atoms with Gasteiger partial charge in [-0.2, -0.15) is 10.4 Å². The fourth-order valence-electron chi connectivity index (χ4n) is 6.87. The topological polar surface area (TPSA) is 216 Å². The lowest BCUT2D eigenvalue weighted by atomic mass is 9.92. The summed E-state index contributed by atoms with van der Waals surface area (Å²) in [6.07, 6.45) is 16.7. The number of fused-ring (bicyclic) bond motifs is 1. The van der Waals surface area contributed by atoms with Gasteiger partial charge in [0, 0.05) is 12.2 Å². The molecule has 6 N–H and O–H groups in total. The highest BCUT2D eigenvalue weighted by molar-refractivity contribution is 7.47. The van der Waals surface area contributed by atoms with Gasteiger partial charge < -0.3 is 35.1 Å². The second kappa shape index (κ2) is 24.7. The normalized spacial score (nSPS) is 21.4. The molecule has 17 heteroatoms. The maximum absolute atomic E-state index is 14.6. The number of nitrogens with zero attached hydrogens (tertiary/aromatic N) is 4. The number of nitrogen functional groups attached to an aromatic ring is 1. The molecule has 0 bridgehead atoms. The van der Waals surface area contributed by atoms with Crippen LogP contribution in [0.4, 0.5) is 10.2 Å². The number of aromatic nitrogens is 3. The molecular weight excluding hydrogens is 770 g/mol. The van der Waals surface area contributed by atoms with E-state index in [1.807, 2.05) is 6.07 Å². The standard InChI is InChI=1S/C41H62FN6O9P/c1-3-4-5-6-7-8-9-10-11-12-13-14-15-16-17-18-23-53-27-33(54-26-32-20-19-31(25-43)24-34(32)42)28-56-58(51,52)57-36-29-55-41(45-2,39(50)38(36)49)37-22-21-35-40(44)46-30-47-48(35)37/h10-11,19-22,24,30,33,36,38-39,45,49-50H,3-9,12-18,23,26-29H2,1-2H3,(H,51,52)(H2,44,46,47)/b11-10+/t33-,36?,38?,39-,41+/m1/s1. The highest BCUT2D eigenvalue weighted by Gasteiger charge is 2.53. The molecular formula is C41H62FN6O9P. The fourth-order valence-corrected chi connectivity index (χ4v) is 7.82. The lowest BCUT2D eigenvalue weighted by Crippen LogP contribution is -2.65. The van der Waals surface area contributed by atoms with Crippen molar-refractivity contribution in [2.75, 3.05) is 39.2 Å². The molecule has 1 aliphatic heterocycles. The molecule has 0 saturated carbocycles. The smallest absolute Gasteiger partial charge is 0.387 e. The van der Waals surface area contributed by atoms with Crippen molar-refractivity contribution in [3.63, 3.8) is 0 Å². The van der Waals surface area contributed by atoms with E-state index in [-0.39, 0.29) is 30.2 Å². The number of benzene rings is 1. The molecule has 1 aromatic carbocycles. The molecule has 4 rings (SSSR count). The second-order valence-electron chi connectivity index (χ2n) is 14.7. The van der Waals surface area contributed by atoms with Crippen molar-refractivity contribution in [1.82, 2.24) is 19.9 Å². The monoisotopic (exact) mass is 832 g/mol. The van der Waals surface area contributed by atoms with Crippen LogP contribution in [0.15, 0.2) is 48.8 Å². The van der Waals surface area contributed by atoms with Crippen LogP contribution in [0.1, 0.15) is 114 Å². The molecule has 0 aliphatic carbocycles. The van der Waals surface area contributed by atoms with E-state index in [1.54, 1.807) is 12.1 Å². The molecule has 58 heavy (non-hydrogen) atoms. The van der Waals surface area contributed by atoms with E-state index in [2.05, 4.69) is 34.5 Å². The average Bonchev–Trinajstić information content (AvgIpc) is 3.66. The first kappa shape index (κ1) is 47.3. The summed E-state index contributed by atoms with van der Waals surface area (Å²) in [7, 11) is -3.39. The number of ether oxygens (including phenoxy) is 3. The number of halogens is 1. The van der Waals surface area contributed by atoms with Crippen LogP contribution in [0.25, 0.3) is 5.52 Å². The number of hydrogen-bond acceptors (Lipinski definition) is 13. The van der Waals surface area contributed by atoms with Gasteiger partial charge in [0.05, 0.1) is 43.8 Å². The maximum atomic E-state index is 14.6. The van der Waals surface area contributed by atoms with Crippen molar-refractivity contribution in [1.29, 1.82) is 5.26 Å². The predicted octanol–water partition coefficient (Wildman–Crippen LogP) is 6.59. The quantitative estimate of drug-likeness (QED) is 0.0297. The van der Waals surface area contributed by atoms with E-state index < -0.39 is 57.0 Å². The summed E-state index contributed by atoms with van der Waals surface area (Å²) in [6.45, 7) is 1.50. The van der Waals surface area contributed by atoms with E-state index in [9.17, 15) is 24.1 Å². The van der Waals surface area contributed by atoms with Crippen molar-refractivity contribution in [2.45, 2.75) is 134 Å². The Kier molecular flexibility index (Phi) is 20.1. The van der Waals surface area contributed by atoms with Crippen LogP contribution in [0.3, 0.4) is 0 Å². The van der Waals surface area contributed by atoms with Crippen molar-refractivity contribution in [3.05, 3.63) is 71.4 Å². The molecule has 3 heterocycles. The third-order valence-corrected chi connectivity index (χ3v) is 11.3. The van der Waals surface area contributed by atoms with Crippen LogP contribution in [0, 0.1) is 17.1 Å². The second-order valence-corrected chi connectivity index (χ2v) is 16.1. The van der Waals surface area contributed by atoms with Crippen molar-refractivity contribution in [2.24, 2.45) is 0 Å². The zero-order chi connectivity index (χ0) is 41.8. The summed E-state index contributed by atoms with van der Waals surface area (Å²) < 4.78 is 57.5. The summed E-state index contributed by atoms with van der Waals surface area (Å²) in [4.78, 5) is 14.7. The lowest BCUT2D eigenvalue weighted by molar-refractivity contribution is -0.251. The maximum Gasteiger partial charge on any atom is 0.472 e. The van der Waals surface area contributed by atoms with E-state index in [1.165, 1.54) is 87.8 Å². The van der Waals surface area contributed by atoms with Crippen molar-refractivity contribution < 1.29 is 47.3 Å². The molecule has 0 radical (unpaired) electrons. The minimum atomic E-state index is -4.89. The summed E-state index contributed by atoms with van der Waals surface area (Å²) >= 11 is 0. The third kappa shape index (κ3) is 14.2. The number of phosphoric ester groups is 1. The Morgan fingerprint density at radius 3 is 2.43 bits per heavy atom. The summed E-state index contributed by atoms with van der Waals surface area (Å²) in [6, 6.07) is 9.10. The molecule has 3 aromatic rings. The van der Waals surface area contributed by atoms with Gasteiger partial charge in [0.25, 0.3) is 0 Å². The number of allylic oxidation sites excluding steroid dienone is 2. The Hall–Kier alpha value is -3.33. The molecule has 3 unspecified atom stereocenters. The summed E-state index contributed by atoms with van der Waals surface area (Å²) in [5.74, 6) is -0.447. The minimum Gasteiger partial charge on any atom is -0.387 e. The molecule has 6 atom stereocenters. The van der Waals surface area contributed by atoms with Crippen LogP contribution in [0.5, 0.6) is 0 Å². The largest absolute Gasteiger partial charge is 0.472 e. The number of phosphoric acid groups is 1. The van der Waals surface area contributed by atoms with Crippen LogP contribution in [-0.2, 0) is 40.2 Å². The van der Waals surface area contributed by atoms with Gasteiger partial charge in [-0.25, -0.2) is 18.5 Å². The number of hydrogen-bond donors (Lipinski definition) is 5. The number of anilines is 1. The molecule has 15 nitrogen and oxygen atoms in total. The Balaban J connectivity index is 1.22. The van der Waals surface area contributed by atoms with E-state index >= 15 is 0 Å². The highest BCUT2D eigenvalue weighted by Crippen LogP contribution is 2.47. The van der Waals surface area contributed by atoms with Gasteiger partial charge in [0.2, 0.25) is 0 Å². The van der Waals surface area contributed by atoms with Crippen LogP contribution >= 0.6 is 7.82 Å². The molecule has 1 fully saturated rings. The van der Waals surface area contributed by atoms with E-state index in [0.717, 1.165) is 38.2 Å². The van der Waals surface area contributed by atoms with Crippen molar-refractivity contribution >= 4 is 19.2 Å². The van der Waals surface area contributed by atoms with Gasteiger partial charge in [-0.3, -0.25) is 14.4 Å². The van der Waals surface area contributed by atoms with Gasteiger partial charge in [-0.05, 0) is 63.4 Å². The van der Waals surface area contributed by atoms with E-state index in [0.29, 0.717) is 17.8 Å². The number of nitriles is 1. The third-order valence-electron chi connectivity index (χ3n) is 10.3. The van der Waals surface area contributed by atoms with Crippen LogP contribution in [0.2, 0.25) is 0 Å². The fraction of sp³-hybridized carbons (Fsp3) is 0.634. The number of nitrogens with one attached hydrogen (secondary N) is 1. The SMILES string of the molecule is CCCCCCCC/C=C/CCCCCCCCOC[C@H](COP(=O)(O)OC1CO[C@@](NC)(c2ccc3c(N)ncnn23)[C@H](O)C1O)OCc1ccc(C#N)cc1F. The van der Waals surface area contributed by atoms with Crippen LogP contribution in [-0.4, -0.2) is 87.6 Å². The van der Waals surface area contributed by atoms with Gasteiger partial charge in [0.1, 0.15) is 42.1 Å². The molecule has 0 amide bonds. The minimum absolute atomic E-state index is 0.0269. The first-order chi connectivity index (χ1) is 28.0. The van der Waals surface area contributed by atoms with Gasteiger partial charge in [0.15, 0.2) is 11.5 Å². The zero-order valence-electron chi connectivity index (χ0n) is 33.8. The predicted molar refractivity (Wildman–Crippen MR) is 217 cm³/mol. The van der Waals surface area contributed by atoms with E-state index in [4.69, 9.17) is 34.3 Å². The Morgan fingerprint density at radius 2 is 1.76 bits per heavy atom. The molecule has 1 saturated heterocycles. The number of rotatable bonds is 28. The first-order valence-electron chi connectivity index (χ1n) is 20.5. The first-order valence-corrected chi connectivity index (χ1v) is 22.0. The molecule has 322 valence electrons. The van der Waals surface area contributed by atoms with Gasteiger partial charge in [-0.15, -0.1) is 0 Å².